The Balaban J connectivity index is 1.47. The van der Waals surface area contributed by atoms with Crippen LogP contribution in [0, 0.1) is 0 Å². The number of fused-ring (bicyclic) bond motifs is 1. The fourth-order valence-corrected chi connectivity index (χ4v) is 7.65. The van der Waals surface area contributed by atoms with Crippen molar-refractivity contribution in [2.75, 3.05) is 23.9 Å². The lowest BCUT2D eigenvalue weighted by Gasteiger charge is -2.22. The molecule has 2 N–H and O–H groups in total. The van der Waals surface area contributed by atoms with Gasteiger partial charge in [-0.3, -0.25) is 9.21 Å². The molecule has 5 rings (SSSR count). The Morgan fingerprint density at radius 2 is 2.19 bits per heavy atom. The van der Waals surface area contributed by atoms with Crippen LogP contribution in [0.4, 0.5) is 5.69 Å². The molecule has 0 amide bonds. The number of aliphatic hydroxyl groups is 1. The second-order valence-corrected chi connectivity index (χ2v) is 12.0. The van der Waals surface area contributed by atoms with Crippen molar-refractivity contribution in [2.24, 2.45) is 0 Å². The Morgan fingerprint density at radius 1 is 1.31 bits per heavy atom. The average molecular weight is 489 g/mol. The molecule has 10 heteroatoms. The summed E-state index contributed by atoms with van der Waals surface area (Å²) >= 11 is 2.84. The van der Waals surface area contributed by atoms with Crippen LogP contribution in [0.1, 0.15) is 18.2 Å². The van der Waals surface area contributed by atoms with Gasteiger partial charge >= 0.3 is 0 Å². The molecule has 168 valence electrons. The van der Waals surface area contributed by atoms with E-state index in [-0.39, 0.29) is 6.10 Å². The SMILES string of the molecule is CCN(c1cccc2cc(-c3ncc(CN4CCC(O)C4)s3)[nH]c12)S(=O)(=O)c1cccs1. The van der Waals surface area contributed by atoms with Gasteiger partial charge in [-0.25, -0.2) is 13.4 Å². The standard InChI is InChI=1S/C22H24N4O3S3/c1-2-26(32(28,29)20-7-4-10-30-20)19-6-3-5-15-11-18(24-21(15)19)22-23-12-17(31-22)14-25-9-8-16(27)13-25/h3-7,10-12,16,24,27H,2,8-9,13-14H2,1H3. The predicted molar refractivity (Wildman–Crippen MR) is 130 cm³/mol. The Hall–Kier alpha value is -2.24. The number of benzene rings is 1. The Bertz CT molecular complexity index is 1330. The molecule has 0 bridgehead atoms. The molecule has 4 aromatic rings. The number of β-amino-alcohol motifs (C(OH)–C–C–N with tert-alkyl or cyclic N) is 1. The van der Waals surface area contributed by atoms with E-state index in [1.54, 1.807) is 28.8 Å². The smallest absolute Gasteiger partial charge is 0.273 e. The molecule has 0 spiro atoms. The van der Waals surface area contributed by atoms with Gasteiger partial charge in [0.1, 0.15) is 9.22 Å². The summed E-state index contributed by atoms with van der Waals surface area (Å²) in [7, 11) is -3.63. The summed E-state index contributed by atoms with van der Waals surface area (Å²) in [6.45, 7) is 4.56. The van der Waals surface area contributed by atoms with Gasteiger partial charge in [0.15, 0.2) is 0 Å². The van der Waals surface area contributed by atoms with Gasteiger partial charge < -0.3 is 10.1 Å². The highest BCUT2D eigenvalue weighted by Gasteiger charge is 2.27. The summed E-state index contributed by atoms with van der Waals surface area (Å²) < 4.78 is 28.2. The molecule has 1 fully saturated rings. The number of aromatic amines is 1. The van der Waals surface area contributed by atoms with E-state index in [9.17, 15) is 13.5 Å². The maximum atomic E-state index is 13.2. The van der Waals surface area contributed by atoms with Crippen LogP contribution in [-0.4, -0.2) is 54.1 Å². The number of nitrogens with zero attached hydrogens (tertiary/aromatic N) is 3. The number of hydrogen-bond acceptors (Lipinski definition) is 7. The molecule has 1 unspecified atom stereocenters. The molecule has 0 aliphatic carbocycles. The van der Waals surface area contributed by atoms with Crippen molar-refractivity contribution in [1.29, 1.82) is 0 Å². The van der Waals surface area contributed by atoms with E-state index in [4.69, 9.17) is 0 Å². The minimum absolute atomic E-state index is 0.235. The van der Waals surface area contributed by atoms with Crippen LogP contribution >= 0.6 is 22.7 Å². The zero-order valence-corrected chi connectivity index (χ0v) is 20.0. The second-order valence-electron chi connectivity index (χ2n) is 7.84. The number of aliphatic hydroxyl groups excluding tert-OH is 1. The number of H-pyrrole nitrogens is 1. The van der Waals surface area contributed by atoms with Crippen LogP contribution in [0.2, 0.25) is 0 Å². The topological polar surface area (TPSA) is 89.5 Å². The quantitative estimate of drug-likeness (QED) is 0.408. The van der Waals surface area contributed by atoms with Gasteiger partial charge in [-0.15, -0.1) is 22.7 Å². The van der Waals surface area contributed by atoms with Crippen LogP contribution in [0.3, 0.4) is 0 Å². The van der Waals surface area contributed by atoms with Gasteiger partial charge in [0, 0.05) is 42.6 Å². The molecule has 3 aromatic heterocycles. The van der Waals surface area contributed by atoms with Crippen molar-refractivity contribution < 1.29 is 13.5 Å². The highest BCUT2D eigenvalue weighted by Crippen LogP contribution is 2.35. The predicted octanol–water partition coefficient (Wildman–Crippen LogP) is 4.13. The Morgan fingerprint density at radius 3 is 2.91 bits per heavy atom. The average Bonchev–Trinajstić information content (AvgIpc) is 3.56. The summed E-state index contributed by atoms with van der Waals surface area (Å²) in [5.74, 6) is 0. The molecule has 4 heterocycles. The molecule has 0 radical (unpaired) electrons. The van der Waals surface area contributed by atoms with E-state index in [0.717, 1.165) is 46.0 Å². The maximum Gasteiger partial charge on any atom is 0.273 e. The number of thiazole rings is 1. The summed E-state index contributed by atoms with van der Waals surface area (Å²) in [6.07, 6.45) is 2.47. The lowest BCUT2D eigenvalue weighted by Crippen LogP contribution is -2.30. The maximum absolute atomic E-state index is 13.2. The molecule has 7 nitrogen and oxygen atoms in total. The van der Waals surface area contributed by atoms with Crippen molar-refractivity contribution in [1.82, 2.24) is 14.9 Å². The zero-order valence-electron chi connectivity index (χ0n) is 17.6. The highest BCUT2D eigenvalue weighted by molar-refractivity contribution is 7.94. The van der Waals surface area contributed by atoms with Gasteiger partial charge in [-0.05, 0) is 36.9 Å². The van der Waals surface area contributed by atoms with E-state index in [0.29, 0.717) is 23.0 Å². The van der Waals surface area contributed by atoms with Gasteiger partial charge in [0.05, 0.1) is 23.0 Å². The third kappa shape index (κ3) is 3.97. The molecule has 1 aliphatic heterocycles. The van der Waals surface area contributed by atoms with Crippen molar-refractivity contribution in [3.05, 3.63) is 52.9 Å². The van der Waals surface area contributed by atoms with Crippen molar-refractivity contribution in [3.63, 3.8) is 0 Å². The van der Waals surface area contributed by atoms with Gasteiger partial charge in [-0.2, -0.15) is 0 Å². The lowest BCUT2D eigenvalue weighted by atomic mass is 10.2. The number of anilines is 1. The van der Waals surface area contributed by atoms with Gasteiger partial charge in [-0.1, -0.05) is 18.2 Å². The normalized spacial score (nSPS) is 17.4. The minimum Gasteiger partial charge on any atom is -0.392 e. The monoisotopic (exact) mass is 488 g/mol. The van der Waals surface area contributed by atoms with Crippen LogP contribution in [0.15, 0.2) is 52.2 Å². The fraction of sp³-hybridized carbons (Fsp3) is 0.318. The van der Waals surface area contributed by atoms with E-state index < -0.39 is 10.0 Å². The first-order valence-electron chi connectivity index (χ1n) is 10.5. The minimum atomic E-state index is -3.63. The van der Waals surface area contributed by atoms with Crippen LogP contribution in [0.5, 0.6) is 0 Å². The number of likely N-dealkylation sites (tertiary alicyclic amines) is 1. The summed E-state index contributed by atoms with van der Waals surface area (Å²) in [5.41, 5.74) is 2.28. The first-order chi connectivity index (χ1) is 15.5. The summed E-state index contributed by atoms with van der Waals surface area (Å²) in [5, 5.41) is 13.3. The third-order valence-corrected chi connectivity index (χ3v) is 9.92. The van der Waals surface area contributed by atoms with Gasteiger partial charge in [0.2, 0.25) is 0 Å². The van der Waals surface area contributed by atoms with Gasteiger partial charge in [0.25, 0.3) is 10.0 Å². The fourth-order valence-electron chi connectivity index (χ4n) is 4.13. The molecule has 1 atom stereocenters. The number of rotatable bonds is 7. The highest BCUT2D eigenvalue weighted by atomic mass is 32.2. The molecule has 1 saturated heterocycles. The van der Waals surface area contributed by atoms with Crippen LogP contribution in [0.25, 0.3) is 21.6 Å². The van der Waals surface area contributed by atoms with Crippen LogP contribution in [-0.2, 0) is 16.6 Å². The van der Waals surface area contributed by atoms with E-state index in [1.807, 2.05) is 37.4 Å². The first-order valence-corrected chi connectivity index (χ1v) is 13.6. The van der Waals surface area contributed by atoms with E-state index in [1.165, 1.54) is 15.6 Å². The summed E-state index contributed by atoms with van der Waals surface area (Å²) in [4.78, 5) is 11.4. The third-order valence-electron chi connectivity index (χ3n) is 5.64. The summed E-state index contributed by atoms with van der Waals surface area (Å²) in [6, 6.07) is 11.1. The molecule has 32 heavy (non-hydrogen) atoms. The molecular formula is C22H24N4O3S3. The lowest BCUT2D eigenvalue weighted by molar-refractivity contribution is 0.175. The number of para-hydroxylation sites is 1. The zero-order chi connectivity index (χ0) is 22.3. The van der Waals surface area contributed by atoms with E-state index >= 15 is 0 Å². The van der Waals surface area contributed by atoms with Crippen LogP contribution < -0.4 is 4.31 Å². The molecular weight excluding hydrogens is 464 g/mol. The largest absolute Gasteiger partial charge is 0.392 e. The van der Waals surface area contributed by atoms with Crippen molar-refractivity contribution in [2.45, 2.75) is 30.2 Å². The van der Waals surface area contributed by atoms with Crippen molar-refractivity contribution >= 4 is 49.3 Å². The second kappa shape index (κ2) is 8.60. The van der Waals surface area contributed by atoms with Crippen molar-refractivity contribution in [3.8, 4) is 10.7 Å². The number of hydrogen-bond donors (Lipinski definition) is 2. The Labute approximate surface area is 195 Å². The number of thiophene rings is 1. The molecule has 1 aromatic carbocycles. The number of aromatic nitrogens is 2. The first kappa shape index (κ1) is 21.6. The number of nitrogens with one attached hydrogen (secondary N) is 1. The molecule has 0 saturated carbocycles. The Kier molecular flexibility index (Phi) is 5.81. The molecule has 1 aliphatic rings. The number of sulfonamides is 1. The van der Waals surface area contributed by atoms with E-state index in [2.05, 4.69) is 14.9 Å².